The van der Waals surface area contributed by atoms with E-state index in [1.807, 2.05) is 72.8 Å². The van der Waals surface area contributed by atoms with Crippen molar-refractivity contribution in [3.05, 3.63) is 125 Å². The van der Waals surface area contributed by atoms with Crippen LogP contribution in [0.4, 0.5) is 0 Å². The van der Waals surface area contributed by atoms with E-state index in [9.17, 15) is 24.6 Å². The van der Waals surface area contributed by atoms with Gasteiger partial charge in [0.25, 0.3) is 0 Å². The zero-order valence-electron chi connectivity index (χ0n) is 25.7. The van der Waals surface area contributed by atoms with Crippen molar-refractivity contribution in [2.75, 3.05) is 5.75 Å². The van der Waals surface area contributed by atoms with Crippen LogP contribution in [0.5, 0.6) is 0 Å². The highest BCUT2D eigenvalue weighted by atomic mass is 32.2. The maximum absolute atomic E-state index is 12.3. The van der Waals surface area contributed by atoms with Gasteiger partial charge in [-0.1, -0.05) is 72.8 Å². The summed E-state index contributed by atoms with van der Waals surface area (Å²) in [6, 6.07) is 30.3. The Morgan fingerprint density at radius 2 is 1.51 bits per heavy atom. The molecule has 0 aromatic heterocycles. The van der Waals surface area contributed by atoms with E-state index in [2.05, 4.69) is 5.32 Å². The molecule has 0 aliphatic carbocycles. The van der Waals surface area contributed by atoms with Crippen LogP contribution in [-0.4, -0.2) is 45.0 Å². The van der Waals surface area contributed by atoms with Crippen LogP contribution in [0, 0.1) is 0 Å². The number of hydrogen-bond acceptors (Lipinski definition) is 7. The summed E-state index contributed by atoms with van der Waals surface area (Å²) in [5, 5.41) is 30.4. The number of thioether (sulfide) groups is 1. The van der Waals surface area contributed by atoms with Gasteiger partial charge in [0.2, 0.25) is 5.91 Å². The average molecular weight is 656 g/mol. The van der Waals surface area contributed by atoms with E-state index in [0.717, 1.165) is 38.3 Å². The van der Waals surface area contributed by atoms with Gasteiger partial charge in [0.05, 0.1) is 24.4 Å². The number of aliphatic carboxylic acids is 1. The van der Waals surface area contributed by atoms with Crippen molar-refractivity contribution in [2.45, 2.75) is 62.2 Å². The van der Waals surface area contributed by atoms with Crippen molar-refractivity contribution < 1.29 is 39.2 Å². The Morgan fingerprint density at radius 1 is 0.809 bits per heavy atom. The third-order valence-electron chi connectivity index (χ3n) is 7.93. The fraction of sp³-hybridized carbons (Fsp3) is 0.270. The maximum Gasteiger partial charge on any atom is 0.335 e. The summed E-state index contributed by atoms with van der Waals surface area (Å²) in [5.41, 5.74) is 5.79. The molecule has 9 nitrogen and oxygen atoms in total. The van der Waals surface area contributed by atoms with Crippen molar-refractivity contribution in [3.63, 3.8) is 0 Å². The number of carboxylic acids is 2. The quantitative estimate of drug-likeness (QED) is 0.109. The number of carbonyl (C=O) groups is 3. The first-order chi connectivity index (χ1) is 22.8. The average Bonchev–Trinajstić information content (AvgIpc) is 3.10. The molecular formula is C37H37NO8S. The van der Waals surface area contributed by atoms with Gasteiger partial charge >= 0.3 is 11.9 Å². The van der Waals surface area contributed by atoms with Crippen LogP contribution in [0.1, 0.15) is 70.7 Å². The molecule has 1 amide bonds. The van der Waals surface area contributed by atoms with Crippen molar-refractivity contribution in [2.24, 2.45) is 0 Å². The first kappa shape index (κ1) is 33.9. The third kappa shape index (κ3) is 9.52. The lowest BCUT2D eigenvalue weighted by Gasteiger charge is -2.36. The summed E-state index contributed by atoms with van der Waals surface area (Å²) in [4.78, 5) is 35.2. The van der Waals surface area contributed by atoms with E-state index < -0.39 is 18.2 Å². The van der Waals surface area contributed by atoms with Gasteiger partial charge in [0.1, 0.15) is 0 Å². The minimum atomic E-state index is -0.960. The molecule has 0 bridgehead atoms. The molecule has 1 aliphatic heterocycles. The molecule has 244 valence electrons. The molecule has 1 aliphatic rings. The van der Waals surface area contributed by atoms with Gasteiger partial charge in [-0.05, 0) is 58.5 Å². The summed E-state index contributed by atoms with van der Waals surface area (Å²) in [5.74, 6) is -1.42. The van der Waals surface area contributed by atoms with E-state index in [1.54, 1.807) is 36.0 Å². The van der Waals surface area contributed by atoms with Gasteiger partial charge in [-0.2, -0.15) is 0 Å². The summed E-state index contributed by atoms with van der Waals surface area (Å²) in [6.45, 7) is 0.292. The number of hydrogen-bond donors (Lipinski definition) is 4. The number of aliphatic hydroxyl groups excluding tert-OH is 1. The first-order valence-electron chi connectivity index (χ1n) is 15.4. The minimum absolute atomic E-state index is 0.0356. The summed E-state index contributed by atoms with van der Waals surface area (Å²) < 4.78 is 13.0. The van der Waals surface area contributed by atoms with E-state index >= 15 is 0 Å². The van der Waals surface area contributed by atoms with Crippen LogP contribution in [0.3, 0.4) is 0 Å². The molecule has 4 aromatic carbocycles. The summed E-state index contributed by atoms with van der Waals surface area (Å²) in [7, 11) is 0. The number of amides is 1. The molecule has 0 unspecified atom stereocenters. The zero-order valence-corrected chi connectivity index (χ0v) is 26.5. The highest BCUT2D eigenvalue weighted by molar-refractivity contribution is 7.99. The van der Waals surface area contributed by atoms with Crippen LogP contribution in [0.2, 0.25) is 0 Å². The second-order valence-corrected chi connectivity index (χ2v) is 12.4. The Labute approximate surface area is 277 Å². The Kier molecular flexibility index (Phi) is 11.8. The first-order valence-corrected chi connectivity index (χ1v) is 16.4. The summed E-state index contributed by atoms with van der Waals surface area (Å²) >= 11 is 1.60. The standard InChI is InChI=1S/C37H37NO8S/c39-22-24-8-10-26(11-9-24)33-20-30(23-47-31-18-16-27(17-19-31)36(43)44)45-37(46-33)28-14-12-25(13-15-28)32-5-2-1-4-29(32)21-38-34(40)6-3-7-35(41)42/h1-2,4-5,8-19,30,33,37,39H,3,6-7,20-23H2,(H,38,40)(H,41,42)(H,43,44)/t30-,33+,37+/m1/s1. The fourth-order valence-electron chi connectivity index (χ4n) is 5.36. The molecule has 4 aromatic rings. The molecule has 3 atom stereocenters. The number of benzene rings is 4. The number of ether oxygens (including phenoxy) is 2. The van der Waals surface area contributed by atoms with Gasteiger partial charge in [-0.15, -0.1) is 11.8 Å². The Bertz CT molecular complexity index is 1660. The lowest BCUT2D eigenvalue weighted by Crippen LogP contribution is -2.31. The summed E-state index contributed by atoms with van der Waals surface area (Å²) in [6.07, 6.45) is 0.0328. The van der Waals surface area contributed by atoms with Gasteiger partial charge in [0.15, 0.2) is 6.29 Å². The number of carbonyl (C=O) groups excluding carboxylic acids is 1. The normalized spacial score (nSPS) is 17.6. The molecule has 0 saturated carbocycles. The smallest absolute Gasteiger partial charge is 0.335 e. The molecule has 1 fully saturated rings. The van der Waals surface area contributed by atoms with Crippen molar-refractivity contribution in [1.29, 1.82) is 0 Å². The molecule has 47 heavy (non-hydrogen) atoms. The number of rotatable bonds is 14. The van der Waals surface area contributed by atoms with Crippen LogP contribution >= 0.6 is 11.8 Å². The molecule has 0 spiro atoms. The molecule has 4 N–H and O–H groups in total. The third-order valence-corrected chi connectivity index (χ3v) is 9.08. The Balaban J connectivity index is 1.29. The number of nitrogens with one attached hydrogen (secondary N) is 1. The minimum Gasteiger partial charge on any atom is -0.481 e. The number of aliphatic hydroxyl groups is 1. The highest BCUT2D eigenvalue weighted by Crippen LogP contribution is 2.40. The lowest BCUT2D eigenvalue weighted by molar-refractivity contribution is -0.245. The lowest BCUT2D eigenvalue weighted by atomic mass is 9.97. The van der Waals surface area contributed by atoms with E-state index in [4.69, 9.17) is 14.6 Å². The molecule has 1 saturated heterocycles. The molecule has 5 rings (SSSR count). The van der Waals surface area contributed by atoms with E-state index in [1.165, 1.54) is 0 Å². The van der Waals surface area contributed by atoms with Crippen molar-refractivity contribution in [3.8, 4) is 11.1 Å². The predicted molar refractivity (Wildman–Crippen MR) is 178 cm³/mol. The number of aromatic carboxylic acids is 1. The van der Waals surface area contributed by atoms with Gasteiger partial charge in [-0.25, -0.2) is 4.79 Å². The second-order valence-electron chi connectivity index (χ2n) is 11.3. The van der Waals surface area contributed by atoms with Crippen LogP contribution in [-0.2, 0) is 32.2 Å². The van der Waals surface area contributed by atoms with E-state index in [0.29, 0.717) is 25.1 Å². The predicted octanol–water partition coefficient (Wildman–Crippen LogP) is 6.75. The van der Waals surface area contributed by atoms with Gasteiger partial charge < -0.3 is 30.1 Å². The van der Waals surface area contributed by atoms with Gasteiger partial charge in [-0.3, -0.25) is 9.59 Å². The largest absolute Gasteiger partial charge is 0.481 e. The van der Waals surface area contributed by atoms with Crippen LogP contribution in [0.25, 0.3) is 11.1 Å². The Hall–Kier alpha value is -4.48. The topological polar surface area (TPSA) is 142 Å². The highest BCUT2D eigenvalue weighted by Gasteiger charge is 2.32. The number of carboxylic acid groups (broad SMARTS) is 2. The molecular weight excluding hydrogens is 618 g/mol. The molecule has 10 heteroatoms. The SMILES string of the molecule is O=C(O)CCCC(=O)NCc1ccccc1-c1ccc([C@H]2O[C@@H](CSc3ccc(C(=O)O)cc3)C[C@@H](c3ccc(CO)cc3)O2)cc1. The monoisotopic (exact) mass is 655 g/mol. The fourth-order valence-corrected chi connectivity index (χ4v) is 6.29. The zero-order chi connectivity index (χ0) is 33.2. The van der Waals surface area contributed by atoms with E-state index in [-0.39, 0.29) is 43.1 Å². The van der Waals surface area contributed by atoms with Crippen molar-refractivity contribution in [1.82, 2.24) is 5.32 Å². The maximum atomic E-state index is 12.3. The van der Waals surface area contributed by atoms with Crippen LogP contribution in [0.15, 0.2) is 102 Å². The van der Waals surface area contributed by atoms with Crippen molar-refractivity contribution >= 4 is 29.6 Å². The molecule has 0 radical (unpaired) electrons. The van der Waals surface area contributed by atoms with Crippen LogP contribution < -0.4 is 5.32 Å². The molecule has 1 heterocycles. The Morgan fingerprint density at radius 3 is 2.19 bits per heavy atom. The second kappa shape index (κ2) is 16.4. The van der Waals surface area contributed by atoms with Gasteiger partial charge in [0, 0.05) is 42.0 Å².